The van der Waals surface area contributed by atoms with Crippen molar-refractivity contribution in [2.45, 2.75) is 309 Å². The summed E-state index contributed by atoms with van der Waals surface area (Å²) in [5.74, 6) is -0.869. The van der Waals surface area contributed by atoms with Crippen LogP contribution in [-0.4, -0.2) is 37.2 Å². The normalized spacial score (nSPS) is 12.3. The zero-order valence-electron chi connectivity index (χ0n) is 44.7. The number of rotatable bonds is 53. The van der Waals surface area contributed by atoms with E-state index >= 15 is 0 Å². The summed E-state index contributed by atoms with van der Waals surface area (Å²) in [6, 6.07) is 0. The van der Waals surface area contributed by atoms with Gasteiger partial charge in [-0.15, -0.1) is 0 Å². The van der Waals surface area contributed by atoms with Crippen LogP contribution in [0.2, 0.25) is 0 Å². The van der Waals surface area contributed by atoms with Crippen molar-refractivity contribution in [2.75, 3.05) is 13.2 Å². The number of hydrogen-bond donors (Lipinski definition) is 0. The van der Waals surface area contributed by atoms with E-state index in [1.807, 2.05) is 0 Å². The molecule has 0 rings (SSSR count). The first-order chi connectivity index (χ1) is 33.0. The van der Waals surface area contributed by atoms with Crippen molar-refractivity contribution in [2.24, 2.45) is 0 Å². The molecule has 0 aliphatic heterocycles. The summed E-state index contributed by atoms with van der Waals surface area (Å²) < 4.78 is 16.8. The zero-order valence-corrected chi connectivity index (χ0v) is 44.7. The van der Waals surface area contributed by atoms with Crippen LogP contribution in [0.3, 0.4) is 0 Å². The van der Waals surface area contributed by atoms with Crippen molar-refractivity contribution in [3.05, 3.63) is 48.6 Å². The van der Waals surface area contributed by atoms with Gasteiger partial charge in [0.2, 0.25) is 0 Å². The molecule has 0 aliphatic rings. The van der Waals surface area contributed by atoms with Crippen molar-refractivity contribution in [3.8, 4) is 0 Å². The zero-order chi connectivity index (χ0) is 48.6. The highest BCUT2D eigenvalue weighted by Gasteiger charge is 2.19. The van der Waals surface area contributed by atoms with Gasteiger partial charge in [-0.25, -0.2) is 0 Å². The van der Waals surface area contributed by atoms with Crippen LogP contribution in [0.15, 0.2) is 48.6 Å². The van der Waals surface area contributed by atoms with Crippen LogP contribution in [0.5, 0.6) is 0 Å². The van der Waals surface area contributed by atoms with E-state index < -0.39 is 6.10 Å². The van der Waals surface area contributed by atoms with Gasteiger partial charge in [0, 0.05) is 19.3 Å². The lowest BCUT2D eigenvalue weighted by atomic mass is 10.0. The van der Waals surface area contributed by atoms with Crippen molar-refractivity contribution < 1.29 is 28.6 Å². The fourth-order valence-electron chi connectivity index (χ4n) is 8.49. The molecule has 0 spiro atoms. The number of ether oxygens (including phenoxy) is 3. The lowest BCUT2D eigenvalue weighted by Crippen LogP contribution is -2.30. The third kappa shape index (κ3) is 54.2. The van der Waals surface area contributed by atoms with E-state index in [4.69, 9.17) is 14.2 Å². The molecule has 0 amide bonds. The van der Waals surface area contributed by atoms with Gasteiger partial charge >= 0.3 is 17.9 Å². The minimum atomic E-state index is -0.771. The largest absolute Gasteiger partial charge is 0.462 e. The van der Waals surface area contributed by atoms with E-state index in [2.05, 4.69) is 69.4 Å². The van der Waals surface area contributed by atoms with Crippen LogP contribution in [0, 0.1) is 0 Å². The summed E-state index contributed by atoms with van der Waals surface area (Å²) in [4.78, 5) is 38.0. The van der Waals surface area contributed by atoms with Gasteiger partial charge in [-0.05, 0) is 57.8 Å². The van der Waals surface area contributed by atoms with Gasteiger partial charge in [-0.3, -0.25) is 14.4 Å². The summed E-state index contributed by atoms with van der Waals surface area (Å²) in [5, 5.41) is 0. The second kappa shape index (κ2) is 56.0. The smallest absolute Gasteiger partial charge is 0.306 e. The van der Waals surface area contributed by atoms with Crippen LogP contribution in [0.1, 0.15) is 303 Å². The van der Waals surface area contributed by atoms with E-state index in [1.54, 1.807) is 0 Å². The van der Waals surface area contributed by atoms with Gasteiger partial charge in [0.15, 0.2) is 6.10 Å². The van der Waals surface area contributed by atoms with Gasteiger partial charge in [0.1, 0.15) is 13.2 Å². The second-order valence-electron chi connectivity index (χ2n) is 19.5. The quantitative estimate of drug-likeness (QED) is 0.0262. The molecule has 0 saturated heterocycles. The van der Waals surface area contributed by atoms with E-state index in [9.17, 15) is 14.4 Å². The van der Waals surface area contributed by atoms with Gasteiger partial charge in [-0.1, -0.05) is 275 Å². The molecule has 6 nitrogen and oxygen atoms in total. The van der Waals surface area contributed by atoms with Crippen LogP contribution in [-0.2, 0) is 28.6 Å². The van der Waals surface area contributed by atoms with Crippen LogP contribution < -0.4 is 0 Å². The molecule has 0 aliphatic carbocycles. The van der Waals surface area contributed by atoms with Gasteiger partial charge in [0.05, 0.1) is 0 Å². The molecule has 0 saturated carbocycles. The Morgan fingerprint density at radius 1 is 0.313 bits per heavy atom. The molecule has 0 radical (unpaired) electrons. The van der Waals surface area contributed by atoms with Crippen molar-refractivity contribution in [3.63, 3.8) is 0 Å². The summed E-state index contributed by atoms with van der Waals surface area (Å²) in [6.07, 6.45) is 68.3. The number of esters is 3. The van der Waals surface area contributed by atoms with E-state index in [0.717, 1.165) is 89.9 Å². The Bertz CT molecular complexity index is 1170. The Balaban J connectivity index is 4.21. The Morgan fingerprint density at radius 2 is 0.582 bits per heavy atom. The molecule has 1 atom stereocenters. The van der Waals surface area contributed by atoms with Crippen molar-refractivity contribution in [1.29, 1.82) is 0 Å². The van der Waals surface area contributed by atoms with Crippen LogP contribution in [0.25, 0.3) is 0 Å². The number of carbonyl (C=O) groups excluding carboxylic acids is 3. The molecule has 0 N–H and O–H groups in total. The highest BCUT2D eigenvalue weighted by atomic mass is 16.6. The third-order valence-electron chi connectivity index (χ3n) is 12.8. The molecule has 0 heterocycles. The second-order valence-corrected chi connectivity index (χ2v) is 19.5. The molecule has 67 heavy (non-hydrogen) atoms. The molecule has 0 aromatic heterocycles. The topological polar surface area (TPSA) is 78.9 Å². The minimum absolute atomic E-state index is 0.0719. The fraction of sp³-hybridized carbons (Fsp3) is 0.820. The number of allylic oxidation sites excluding steroid dienone is 8. The predicted octanol–water partition coefficient (Wildman–Crippen LogP) is 19.4. The Kier molecular flexibility index (Phi) is 53.8. The maximum Gasteiger partial charge on any atom is 0.306 e. The number of hydrogen-bond acceptors (Lipinski definition) is 6. The molecule has 0 aromatic carbocycles. The van der Waals surface area contributed by atoms with Gasteiger partial charge < -0.3 is 14.2 Å². The van der Waals surface area contributed by atoms with Crippen LogP contribution in [0.4, 0.5) is 0 Å². The SMILES string of the molecule is CC/C=C\C/C=C\C/C=C\C/C=C\CCCCCCCCCCC(=O)OCC(COC(=O)CCCCCCCCCC)OC(=O)CCCCCCCCCCCCCCCCCCCCCC. The maximum atomic E-state index is 12.8. The Morgan fingerprint density at radius 3 is 0.910 bits per heavy atom. The first-order valence-corrected chi connectivity index (χ1v) is 29.1. The number of carbonyl (C=O) groups is 3. The third-order valence-corrected chi connectivity index (χ3v) is 12.8. The summed E-state index contributed by atoms with van der Waals surface area (Å²) in [5.41, 5.74) is 0. The molecule has 0 fully saturated rings. The standard InChI is InChI=1S/C61H110O6/c1-4-7-10-13-16-19-21-23-25-27-29-31-33-34-36-38-40-42-45-48-51-54-60(63)66-57-58(56-65-59(62)53-50-47-44-18-15-12-9-6-3)67-61(64)55-52-49-46-43-41-39-37-35-32-30-28-26-24-22-20-17-14-11-8-5-2/h7,10,16,19,23,25,29,31,58H,4-6,8-9,11-15,17-18,20-22,24,26-28,30,32-57H2,1-3H3/b10-7-,19-16-,25-23-,31-29-. The van der Waals surface area contributed by atoms with E-state index in [-0.39, 0.29) is 31.1 Å². The fourth-order valence-corrected chi connectivity index (χ4v) is 8.49. The Hall–Kier alpha value is -2.63. The van der Waals surface area contributed by atoms with Crippen molar-refractivity contribution in [1.82, 2.24) is 0 Å². The van der Waals surface area contributed by atoms with Crippen molar-refractivity contribution >= 4 is 17.9 Å². The molecule has 390 valence electrons. The molecule has 6 heteroatoms. The predicted molar refractivity (Wildman–Crippen MR) is 289 cm³/mol. The summed E-state index contributed by atoms with van der Waals surface area (Å²) >= 11 is 0. The molecule has 0 bridgehead atoms. The first-order valence-electron chi connectivity index (χ1n) is 29.1. The average Bonchev–Trinajstić information content (AvgIpc) is 3.33. The van der Waals surface area contributed by atoms with E-state index in [0.29, 0.717) is 19.3 Å². The summed E-state index contributed by atoms with van der Waals surface area (Å²) in [6.45, 7) is 6.53. The molecular formula is C61H110O6. The maximum absolute atomic E-state index is 12.8. The highest BCUT2D eigenvalue weighted by Crippen LogP contribution is 2.17. The minimum Gasteiger partial charge on any atom is -0.462 e. The molecule has 1 unspecified atom stereocenters. The van der Waals surface area contributed by atoms with E-state index in [1.165, 1.54) is 173 Å². The number of unbranched alkanes of at least 4 members (excludes halogenated alkanes) is 34. The Labute approximate surface area is 416 Å². The lowest BCUT2D eigenvalue weighted by molar-refractivity contribution is -0.167. The lowest BCUT2D eigenvalue weighted by Gasteiger charge is -2.18. The summed E-state index contributed by atoms with van der Waals surface area (Å²) in [7, 11) is 0. The first kappa shape index (κ1) is 64.4. The molecular weight excluding hydrogens is 829 g/mol. The monoisotopic (exact) mass is 939 g/mol. The van der Waals surface area contributed by atoms with Crippen LogP contribution >= 0.6 is 0 Å². The molecule has 0 aromatic rings. The highest BCUT2D eigenvalue weighted by molar-refractivity contribution is 5.71. The van der Waals surface area contributed by atoms with Gasteiger partial charge in [-0.2, -0.15) is 0 Å². The van der Waals surface area contributed by atoms with Gasteiger partial charge in [0.25, 0.3) is 0 Å². The average molecular weight is 940 g/mol.